The van der Waals surface area contributed by atoms with Crippen LogP contribution in [0, 0.1) is 0 Å². The van der Waals surface area contributed by atoms with Gasteiger partial charge in [-0.3, -0.25) is 29.8 Å². The fraction of sp³-hybridized carbons (Fsp3) is 0. The van der Waals surface area contributed by atoms with Gasteiger partial charge in [0.15, 0.2) is 23.0 Å². The summed E-state index contributed by atoms with van der Waals surface area (Å²) in [4.78, 5) is 49.3. The summed E-state index contributed by atoms with van der Waals surface area (Å²) in [7, 11) is 0. The molecule has 3 aromatic rings. The first-order chi connectivity index (χ1) is 17.3. The first-order valence-electron chi connectivity index (χ1n) is 10.7. The van der Waals surface area contributed by atoms with Crippen molar-refractivity contribution < 1.29 is 28.7 Å². The molecule has 2 heterocycles. The molecule has 0 fully saturated rings. The van der Waals surface area contributed by atoms with Gasteiger partial charge in [-0.05, 0) is 42.0 Å². The summed E-state index contributed by atoms with van der Waals surface area (Å²) in [5.41, 5.74) is 12.9. The van der Waals surface area contributed by atoms with E-state index in [0.29, 0.717) is 11.4 Å². The SMILES string of the molecule is Nc1ccccc1Oc1ccc(C2=CC(=O)NC2=O)c(C2=CC(=O)NC2=O)c1Oc1ccccc1N. The zero-order valence-corrected chi connectivity index (χ0v) is 18.5. The molecule has 10 heteroatoms. The van der Waals surface area contributed by atoms with Gasteiger partial charge in [-0.2, -0.15) is 0 Å². The average Bonchev–Trinajstić information content (AvgIpc) is 3.36. The van der Waals surface area contributed by atoms with Gasteiger partial charge in [-0.15, -0.1) is 0 Å². The Hall–Kier alpha value is -5.38. The second-order valence-electron chi connectivity index (χ2n) is 7.85. The summed E-state index contributed by atoms with van der Waals surface area (Å²) in [6, 6.07) is 16.4. The van der Waals surface area contributed by atoms with Gasteiger partial charge in [-0.1, -0.05) is 24.3 Å². The summed E-state index contributed by atoms with van der Waals surface area (Å²) < 4.78 is 12.2. The summed E-state index contributed by atoms with van der Waals surface area (Å²) in [6.07, 6.45) is 2.19. The Bertz CT molecular complexity index is 1540. The van der Waals surface area contributed by atoms with Crippen molar-refractivity contribution in [2.24, 2.45) is 0 Å². The minimum Gasteiger partial charge on any atom is -0.451 e. The average molecular weight is 482 g/mol. The highest BCUT2D eigenvalue weighted by atomic mass is 16.5. The number of nitrogen functional groups attached to an aromatic ring is 2. The molecular formula is C26H18N4O6. The lowest BCUT2D eigenvalue weighted by molar-refractivity contribution is -0.124. The Balaban J connectivity index is 1.79. The van der Waals surface area contributed by atoms with Gasteiger partial charge < -0.3 is 20.9 Å². The van der Waals surface area contributed by atoms with Gasteiger partial charge in [0.05, 0.1) is 22.5 Å². The van der Waals surface area contributed by atoms with E-state index in [1.807, 2.05) is 0 Å². The van der Waals surface area contributed by atoms with Crippen LogP contribution in [0.2, 0.25) is 0 Å². The topological polar surface area (TPSA) is 163 Å². The van der Waals surface area contributed by atoms with E-state index in [-0.39, 0.29) is 45.2 Å². The fourth-order valence-corrected chi connectivity index (χ4v) is 3.82. The molecule has 10 nitrogen and oxygen atoms in total. The Morgan fingerprint density at radius 3 is 1.64 bits per heavy atom. The number of nitrogens with two attached hydrogens (primary N) is 2. The number of ether oxygens (including phenoxy) is 2. The first kappa shape index (κ1) is 22.4. The van der Waals surface area contributed by atoms with E-state index in [0.717, 1.165) is 12.2 Å². The molecule has 2 aliphatic rings. The van der Waals surface area contributed by atoms with E-state index in [1.165, 1.54) is 12.1 Å². The Morgan fingerprint density at radius 1 is 0.583 bits per heavy atom. The number of imide groups is 2. The third-order valence-corrected chi connectivity index (χ3v) is 5.46. The quantitative estimate of drug-likeness (QED) is 0.308. The number of benzene rings is 3. The molecular weight excluding hydrogens is 464 g/mol. The highest BCUT2D eigenvalue weighted by Crippen LogP contribution is 2.46. The number of anilines is 2. The number of nitrogens with one attached hydrogen (secondary N) is 2. The third kappa shape index (κ3) is 4.03. The van der Waals surface area contributed by atoms with Crippen LogP contribution in [0.4, 0.5) is 11.4 Å². The van der Waals surface area contributed by atoms with Gasteiger partial charge in [0.1, 0.15) is 0 Å². The van der Waals surface area contributed by atoms with Crippen LogP contribution in [0.15, 0.2) is 72.8 Å². The second kappa shape index (κ2) is 8.76. The van der Waals surface area contributed by atoms with Crippen molar-refractivity contribution in [1.29, 1.82) is 0 Å². The number of hydrogen-bond donors (Lipinski definition) is 4. The third-order valence-electron chi connectivity index (χ3n) is 5.46. The smallest absolute Gasteiger partial charge is 0.259 e. The lowest BCUT2D eigenvalue weighted by Crippen LogP contribution is -2.23. The van der Waals surface area contributed by atoms with Crippen LogP contribution in [0.3, 0.4) is 0 Å². The monoisotopic (exact) mass is 482 g/mol. The maximum atomic E-state index is 12.8. The molecule has 0 saturated carbocycles. The van der Waals surface area contributed by atoms with Crippen molar-refractivity contribution in [3.63, 3.8) is 0 Å². The molecule has 2 aliphatic heterocycles. The van der Waals surface area contributed by atoms with E-state index >= 15 is 0 Å². The molecule has 0 bridgehead atoms. The summed E-state index contributed by atoms with van der Waals surface area (Å²) in [5, 5.41) is 4.36. The van der Waals surface area contributed by atoms with E-state index in [1.54, 1.807) is 48.5 Å². The summed E-state index contributed by atoms with van der Waals surface area (Å²) in [6.45, 7) is 0. The molecule has 4 amide bonds. The van der Waals surface area contributed by atoms with Crippen molar-refractivity contribution in [1.82, 2.24) is 10.6 Å². The van der Waals surface area contributed by atoms with E-state index < -0.39 is 23.6 Å². The molecule has 0 saturated heterocycles. The molecule has 0 atom stereocenters. The molecule has 0 spiro atoms. The summed E-state index contributed by atoms with van der Waals surface area (Å²) in [5.74, 6) is -2.01. The van der Waals surface area contributed by atoms with Crippen LogP contribution in [0.25, 0.3) is 11.1 Å². The van der Waals surface area contributed by atoms with E-state index in [4.69, 9.17) is 20.9 Å². The molecule has 178 valence electrons. The van der Waals surface area contributed by atoms with Crippen molar-refractivity contribution >= 4 is 46.1 Å². The molecule has 0 unspecified atom stereocenters. The number of para-hydroxylation sites is 4. The Kier molecular flexibility index (Phi) is 5.46. The molecule has 0 aliphatic carbocycles. The second-order valence-corrected chi connectivity index (χ2v) is 7.85. The van der Waals surface area contributed by atoms with Gasteiger partial charge in [-0.25, -0.2) is 0 Å². The van der Waals surface area contributed by atoms with Crippen molar-refractivity contribution in [2.45, 2.75) is 0 Å². The van der Waals surface area contributed by atoms with Crippen LogP contribution in [0.1, 0.15) is 11.1 Å². The predicted molar refractivity (Wildman–Crippen MR) is 131 cm³/mol. The van der Waals surface area contributed by atoms with E-state index in [2.05, 4.69) is 10.6 Å². The van der Waals surface area contributed by atoms with Crippen LogP contribution in [-0.4, -0.2) is 23.6 Å². The maximum Gasteiger partial charge on any atom is 0.259 e. The zero-order chi connectivity index (χ0) is 25.4. The Labute approximate surface area is 204 Å². The van der Waals surface area contributed by atoms with Crippen LogP contribution < -0.4 is 31.6 Å². The maximum absolute atomic E-state index is 12.8. The van der Waals surface area contributed by atoms with E-state index in [9.17, 15) is 19.2 Å². The number of hydrogen-bond acceptors (Lipinski definition) is 8. The minimum absolute atomic E-state index is 0.0142. The lowest BCUT2D eigenvalue weighted by atomic mass is 9.92. The van der Waals surface area contributed by atoms with Crippen LogP contribution in [-0.2, 0) is 19.2 Å². The molecule has 36 heavy (non-hydrogen) atoms. The normalized spacial score (nSPS) is 14.8. The van der Waals surface area contributed by atoms with Gasteiger partial charge >= 0.3 is 0 Å². The highest BCUT2D eigenvalue weighted by molar-refractivity contribution is 6.38. The molecule has 3 aromatic carbocycles. The minimum atomic E-state index is -0.714. The molecule has 0 radical (unpaired) electrons. The molecule has 6 N–H and O–H groups in total. The molecule has 0 aromatic heterocycles. The van der Waals surface area contributed by atoms with Crippen molar-refractivity contribution in [2.75, 3.05) is 11.5 Å². The zero-order valence-electron chi connectivity index (χ0n) is 18.5. The number of rotatable bonds is 6. The number of carbonyl (C=O) groups is 4. The van der Waals surface area contributed by atoms with Crippen molar-refractivity contribution in [3.8, 4) is 23.0 Å². The first-order valence-corrected chi connectivity index (χ1v) is 10.7. The van der Waals surface area contributed by atoms with Crippen LogP contribution in [0.5, 0.6) is 23.0 Å². The fourth-order valence-electron chi connectivity index (χ4n) is 3.82. The lowest BCUT2D eigenvalue weighted by Gasteiger charge is -2.20. The predicted octanol–water partition coefficient (Wildman–Crippen LogP) is 2.52. The largest absolute Gasteiger partial charge is 0.451 e. The number of amides is 4. The summed E-state index contributed by atoms with van der Waals surface area (Å²) >= 11 is 0. The van der Waals surface area contributed by atoms with Gasteiger partial charge in [0, 0.05) is 17.7 Å². The number of carbonyl (C=O) groups excluding carboxylic acids is 4. The van der Waals surface area contributed by atoms with Crippen LogP contribution >= 0.6 is 0 Å². The van der Waals surface area contributed by atoms with Crippen molar-refractivity contribution in [3.05, 3.63) is 83.9 Å². The van der Waals surface area contributed by atoms with Gasteiger partial charge in [0.2, 0.25) is 0 Å². The highest BCUT2D eigenvalue weighted by Gasteiger charge is 2.34. The Morgan fingerprint density at radius 2 is 1.11 bits per heavy atom. The standard InChI is InChI=1S/C26H18N4O6/c27-16-5-1-3-7-18(16)35-20-10-9-13(14-11-21(31)29-25(14)33)23(15-12-22(32)30-26(15)34)24(20)36-19-8-4-2-6-17(19)28/h1-12H,27-28H2,(H,29,31,33)(H,30,32,34). The molecule has 5 rings (SSSR count). The van der Waals surface area contributed by atoms with Gasteiger partial charge in [0.25, 0.3) is 23.6 Å².